The first-order chi connectivity index (χ1) is 9.45. The summed E-state index contributed by atoms with van der Waals surface area (Å²) in [6, 6.07) is 12.1. The third-order valence-electron chi connectivity index (χ3n) is 2.84. The molecule has 0 aromatic heterocycles. The molecule has 5 heteroatoms. The van der Waals surface area contributed by atoms with E-state index in [9.17, 15) is 9.90 Å². The zero-order chi connectivity index (χ0) is 14.7. The molecule has 3 nitrogen and oxygen atoms in total. The highest BCUT2D eigenvalue weighted by atomic mass is 79.9. The van der Waals surface area contributed by atoms with Gasteiger partial charge in [0, 0.05) is 14.5 Å². The van der Waals surface area contributed by atoms with E-state index in [4.69, 9.17) is 0 Å². The highest BCUT2D eigenvalue weighted by Crippen LogP contribution is 2.22. The number of amides is 1. The maximum absolute atomic E-state index is 12.2. The fourth-order valence-electron chi connectivity index (χ4n) is 1.84. The first kappa shape index (κ1) is 15.1. The Kier molecular flexibility index (Phi) is 4.83. The summed E-state index contributed by atoms with van der Waals surface area (Å²) < 4.78 is 1.67. The molecule has 0 aliphatic rings. The van der Waals surface area contributed by atoms with Crippen LogP contribution in [0.4, 0.5) is 0 Å². The van der Waals surface area contributed by atoms with E-state index < -0.39 is 0 Å². The molecule has 1 atom stereocenters. The van der Waals surface area contributed by atoms with Crippen molar-refractivity contribution >= 4 is 37.8 Å². The maximum atomic E-state index is 12.2. The van der Waals surface area contributed by atoms with Crippen LogP contribution >= 0.6 is 31.9 Å². The molecule has 0 heterocycles. The molecule has 0 radical (unpaired) electrons. The molecule has 0 saturated heterocycles. The number of benzene rings is 2. The highest BCUT2D eigenvalue weighted by Gasteiger charge is 2.12. The number of carbonyl (C=O) groups excluding carboxylic acids is 1. The Morgan fingerprint density at radius 2 is 1.80 bits per heavy atom. The Labute approximate surface area is 134 Å². The zero-order valence-electron chi connectivity index (χ0n) is 10.7. The molecule has 2 N–H and O–H groups in total. The quantitative estimate of drug-likeness (QED) is 0.804. The number of halogens is 2. The van der Waals surface area contributed by atoms with Crippen LogP contribution in [0.5, 0.6) is 5.75 Å². The minimum absolute atomic E-state index is 0.164. The fourth-order valence-corrected chi connectivity index (χ4v) is 3.14. The molecule has 2 aromatic carbocycles. The number of phenolic OH excluding ortho intramolecular Hbond substituents is 1. The summed E-state index contributed by atoms with van der Waals surface area (Å²) in [6.07, 6.45) is 0. The second-order valence-electron chi connectivity index (χ2n) is 4.45. The summed E-state index contributed by atoms with van der Waals surface area (Å²) in [5.74, 6) is 0.0247. The van der Waals surface area contributed by atoms with Crippen molar-refractivity contribution in [1.82, 2.24) is 5.32 Å². The van der Waals surface area contributed by atoms with E-state index >= 15 is 0 Å². The molecule has 0 bridgehead atoms. The molecule has 0 aliphatic heterocycles. The van der Waals surface area contributed by atoms with E-state index in [0.717, 1.165) is 14.5 Å². The van der Waals surface area contributed by atoms with Crippen LogP contribution < -0.4 is 5.32 Å². The monoisotopic (exact) mass is 397 g/mol. The second kappa shape index (κ2) is 6.41. The van der Waals surface area contributed by atoms with Gasteiger partial charge in [0.2, 0.25) is 0 Å². The predicted molar refractivity (Wildman–Crippen MR) is 85.8 cm³/mol. The Hall–Kier alpha value is -1.33. The average Bonchev–Trinajstić information content (AvgIpc) is 2.37. The number of carbonyl (C=O) groups is 1. The summed E-state index contributed by atoms with van der Waals surface area (Å²) in [5.41, 5.74) is 1.42. The van der Waals surface area contributed by atoms with E-state index in [0.29, 0.717) is 5.56 Å². The van der Waals surface area contributed by atoms with Gasteiger partial charge in [-0.3, -0.25) is 4.79 Å². The first-order valence-electron chi connectivity index (χ1n) is 6.01. The molecule has 104 valence electrons. The van der Waals surface area contributed by atoms with Gasteiger partial charge < -0.3 is 10.4 Å². The Morgan fingerprint density at radius 3 is 2.40 bits per heavy atom. The van der Waals surface area contributed by atoms with Crippen molar-refractivity contribution in [2.45, 2.75) is 13.0 Å². The summed E-state index contributed by atoms with van der Waals surface area (Å²) in [7, 11) is 0. The lowest BCUT2D eigenvalue weighted by Crippen LogP contribution is -2.26. The van der Waals surface area contributed by atoms with Gasteiger partial charge in [-0.1, -0.05) is 44.0 Å². The standard InChI is InChI=1S/C15H13Br2NO2/c1-9(10-3-2-4-14(19)7-10)18-15(20)11-5-12(16)8-13(17)6-11/h2-9,19H,1H3,(H,18,20). The molecule has 0 spiro atoms. The molecular formula is C15H13Br2NO2. The van der Waals surface area contributed by atoms with Crippen LogP contribution in [-0.2, 0) is 0 Å². The molecule has 0 fully saturated rings. The summed E-state index contributed by atoms with van der Waals surface area (Å²) >= 11 is 6.72. The van der Waals surface area contributed by atoms with Gasteiger partial charge in [0.15, 0.2) is 0 Å². The number of hydrogen-bond donors (Lipinski definition) is 2. The molecule has 1 amide bonds. The lowest BCUT2D eigenvalue weighted by molar-refractivity contribution is 0.0939. The maximum Gasteiger partial charge on any atom is 0.251 e. The minimum Gasteiger partial charge on any atom is -0.508 e. The van der Waals surface area contributed by atoms with Gasteiger partial charge in [-0.2, -0.15) is 0 Å². The van der Waals surface area contributed by atoms with Crippen molar-refractivity contribution in [2.24, 2.45) is 0 Å². The van der Waals surface area contributed by atoms with Crippen molar-refractivity contribution in [2.75, 3.05) is 0 Å². The van der Waals surface area contributed by atoms with Crippen LogP contribution in [0.3, 0.4) is 0 Å². The van der Waals surface area contributed by atoms with Crippen molar-refractivity contribution < 1.29 is 9.90 Å². The third-order valence-corrected chi connectivity index (χ3v) is 3.76. The Bertz CT molecular complexity index is 623. The first-order valence-corrected chi connectivity index (χ1v) is 7.60. The zero-order valence-corrected chi connectivity index (χ0v) is 13.9. The molecule has 0 saturated carbocycles. The number of rotatable bonds is 3. The van der Waals surface area contributed by atoms with E-state index in [1.165, 1.54) is 0 Å². The Morgan fingerprint density at radius 1 is 1.15 bits per heavy atom. The second-order valence-corrected chi connectivity index (χ2v) is 6.28. The molecule has 20 heavy (non-hydrogen) atoms. The molecular weight excluding hydrogens is 386 g/mol. The van der Waals surface area contributed by atoms with Crippen LogP contribution in [0.2, 0.25) is 0 Å². The van der Waals surface area contributed by atoms with Crippen LogP contribution in [0.1, 0.15) is 28.9 Å². The minimum atomic E-state index is -0.188. The van der Waals surface area contributed by atoms with Crippen LogP contribution in [0.15, 0.2) is 51.4 Å². The van der Waals surface area contributed by atoms with Crippen LogP contribution in [0, 0.1) is 0 Å². The van der Waals surface area contributed by atoms with Gasteiger partial charge in [0.1, 0.15) is 5.75 Å². The number of nitrogens with one attached hydrogen (secondary N) is 1. The van der Waals surface area contributed by atoms with Gasteiger partial charge in [0.05, 0.1) is 6.04 Å². The SMILES string of the molecule is CC(NC(=O)c1cc(Br)cc(Br)c1)c1cccc(O)c1. The van der Waals surface area contributed by atoms with Gasteiger partial charge in [0.25, 0.3) is 5.91 Å². The Balaban J connectivity index is 2.15. The van der Waals surface area contributed by atoms with Crippen molar-refractivity contribution in [3.63, 3.8) is 0 Å². The third kappa shape index (κ3) is 3.84. The topological polar surface area (TPSA) is 49.3 Å². The average molecular weight is 399 g/mol. The smallest absolute Gasteiger partial charge is 0.251 e. The molecule has 2 aromatic rings. The van der Waals surface area contributed by atoms with Gasteiger partial charge in [-0.25, -0.2) is 0 Å². The van der Waals surface area contributed by atoms with E-state index in [2.05, 4.69) is 37.2 Å². The van der Waals surface area contributed by atoms with Crippen molar-refractivity contribution in [1.29, 1.82) is 0 Å². The largest absolute Gasteiger partial charge is 0.508 e. The molecule has 0 aliphatic carbocycles. The van der Waals surface area contributed by atoms with Crippen molar-refractivity contribution in [3.05, 3.63) is 62.5 Å². The predicted octanol–water partition coefficient (Wildman–Crippen LogP) is 4.41. The number of aromatic hydroxyl groups is 1. The summed E-state index contributed by atoms with van der Waals surface area (Å²) in [4.78, 5) is 12.2. The fraction of sp³-hybridized carbons (Fsp3) is 0.133. The molecule has 2 rings (SSSR count). The summed E-state index contributed by atoms with van der Waals surface area (Å²) in [6.45, 7) is 1.87. The van der Waals surface area contributed by atoms with Gasteiger partial charge >= 0.3 is 0 Å². The molecule has 1 unspecified atom stereocenters. The van der Waals surface area contributed by atoms with E-state index in [-0.39, 0.29) is 17.7 Å². The number of phenols is 1. The lowest BCUT2D eigenvalue weighted by atomic mass is 10.1. The van der Waals surface area contributed by atoms with Gasteiger partial charge in [-0.15, -0.1) is 0 Å². The lowest BCUT2D eigenvalue weighted by Gasteiger charge is -2.15. The van der Waals surface area contributed by atoms with Gasteiger partial charge in [-0.05, 0) is 42.8 Å². The van der Waals surface area contributed by atoms with E-state index in [1.807, 2.05) is 19.1 Å². The van der Waals surface area contributed by atoms with E-state index in [1.54, 1.807) is 30.3 Å². The van der Waals surface area contributed by atoms with Crippen molar-refractivity contribution in [3.8, 4) is 5.75 Å². The summed E-state index contributed by atoms with van der Waals surface area (Å²) in [5, 5.41) is 12.4. The van der Waals surface area contributed by atoms with Crippen LogP contribution in [-0.4, -0.2) is 11.0 Å². The highest BCUT2D eigenvalue weighted by molar-refractivity contribution is 9.11. The number of hydrogen-bond acceptors (Lipinski definition) is 2. The van der Waals surface area contributed by atoms with Crippen LogP contribution in [0.25, 0.3) is 0 Å². The normalized spacial score (nSPS) is 11.9.